The van der Waals surface area contributed by atoms with E-state index in [1.165, 1.54) is 0 Å². The molecule has 0 amide bonds. The molecule has 1 aliphatic carbocycles. The van der Waals surface area contributed by atoms with Crippen LogP contribution in [0, 0.1) is 17.6 Å². The molecule has 2 atom stereocenters. The van der Waals surface area contributed by atoms with Crippen molar-refractivity contribution in [3.8, 4) is 0 Å². The Labute approximate surface area is 108 Å². The highest BCUT2D eigenvalue weighted by atomic mass is 32.2. The van der Waals surface area contributed by atoms with Gasteiger partial charge in [-0.2, -0.15) is 0 Å². The highest BCUT2D eigenvalue weighted by Crippen LogP contribution is 2.33. The monoisotopic (exact) mass is 273 g/mol. The maximum absolute atomic E-state index is 13.5. The fourth-order valence-corrected chi connectivity index (χ4v) is 3.45. The lowest BCUT2D eigenvalue weighted by atomic mass is 10.2. The number of rotatable bonds is 6. The molecular formula is C13H17F2NOS. The second kappa shape index (κ2) is 5.89. The molecule has 1 saturated carbocycles. The molecule has 0 heterocycles. The number of halogens is 2. The number of hydrogen-bond donors (Lipinski definition) is 1. The van der Waals surface area contributed by atoms with Gasteiger partial charge in [-0.25, -0.2) is 8.78 Å². The van der Waals surface area contributed by atoms with E-state index in [1.807, 2.05) is 6.92 Å². The van der Waals surface area contributed by atoms with Crippen molar-refractivity contribution in [1.29, 1.82) is 0 Å². The number of benzene rings is 1. The summed E-state index contributed by atoms with van der Waals surface area (Å²) in [5, 5.41) is 3.27. The topological polar surface area (TPSA) is 29.1 Å². The van der Waals surface area contributed by atoms with E-state index in [9.17, 15) is 13.0 Å². The third-order valence-corrected chi connectivity index (χ3v) is 4.59. The number of nitrogens with one attached hydrogen (secondary N) is 1. The lowest BCUT2D eigenvalue weighted by Gasteiger charge is -2.16. The Morgan fingerprint density at radius 1 is 1.44 bits per heavy atom. The summed E-state index contributed by atoms with van der Waals surface area (Å²) >= 11 is 0. The van der Waals surface area contributed by atoms with Gasteiger partial charge in [-0.3, -0.25) is 4.21 Å². The second-order valence-corrected chi connectivity index (χ2v) is 6.05. The molecule has 18 heavy (non-hydrogen) atoms. The summed E-state index contributed by atoms with van der Waals surface area (Å²) in [6, 6.07) is 3.24. The Bertz CT molecular complexity index is 449. The van der Waals surface area contributed by atoms with E-state index in [0.717, 1.165) is 37.6 Å². The largest absolute Gasteiger partial charge is 0.313 e. The van der Waals surface area contributed by atoms with Crippen LogP contribution in [-0.2, 0) is 10.8 Å². The van der Waals surface area contributed by atoms with Crippen molar-refractivity contribution in [3.63, 3.8) is 0 Å². The molecule has 0 bridgehead atoms. The molecule has 0 radical (unpaired) electrons. The molecule has 2 nitrogen and oxygen atoms in total. The highest BCUT2D eigenvalue weighted by Gasteiger charge is 2.32. The molecule has 100 valence electrons. The van der Waals surface area contributed by atoms with Crippen molar-refractivity contribution in [2.24, 2.45) is 5.92 Å². The first-order valence-electron chi connectivity index (χ1n) is 6.18. The second-order valence-electron chi connectivity index (χ2n) is 4.59. The Morgan fingerprint density at radius 2 is 2.17 bits per heavy atom. The number of hydrogen-bond acceptors (Lipinski definition) is 2. The minimum atomic E-state index is -1.49. The van der Waals surface area contributed by atoms with Crippen molar-refractivity contribution in [1.82, 2.24) is 5.32 Å². The zero-order valence-corrected chi connectivity index (χ0v) is 11.1. The summed E-state index contributed by atoms with van der Waals surface area (Å²) in [5.41, 5.74) is 0. The predicted octanol–water partition coefficient (Wildman–Crippen LogP) is 2.46. The molecule has 2 rings (SSSR count). The van der Waals surface area contributed by atoms with E-state index in [-0.39, 0.29) is 10.9 Å². The predicted molar refractivity (Wildman–Crippen MR) is 67.8 cm³/mol. The first-order valence-corrected chi connectivity index (χ1v) is 7.50. The zero-order chi connectivity index (χ0) is 13.1. The van der Waals surface area contributed by atoms with Crippen LogP contribution in [0.4, 0.5) is 8.78 Å². The van der Waals surface area contributed by atoms with Crippen LogP contribution >= 0.6 is 0 Å². The van der Waals surface area contributed by atoms with Crippen LogP contribution in [0.1, 0.15) is 19.8 Å². The third kappa shape index (κ3) is 3.36. The molecule has 0 aromatic heterocycles. The van der Waals surface area contributed by atoms with Gasteiger partial charge in [-0.1, -0.05) is 6.92 Å². The van der Waals surface area contributed by atoms with Crippen LogP contribution in [0.15, 0.2) is 23.1 Å². The first kappa shape index (κ1) is 13.6. The van der Waals surface area contributed by atoms with E-state index in [0.29, 0.717) is 11.7 Å². The van der Waals surface area contributed by atoms with Crippen LogP contribution in [0.5, 0.6) is 0 Å². The van der Waals surface area contributed by atoms with Gasteiger partial charge in [0.25, 0.3) is 0 Å². The van der Waals surface area contributed by atoms with Crippen molar-refractivity contribution in [2.45, 2.75) is 30.7 Å². The summed E-state index contributed by atoms with van der Waals surface area (Å²) in [5.74, 6) is -0.267. The lowest BCUT2D eigenvalue weighted by Crippen LogP contribution is -2.36. The molecule has 5 heteroatoms. The van der Waals surface area contributed by atoms with Crippen LogP contribution in [0.2, 0.25) is 0 Å². The van der Waals surface area contributed by atoms with E-state index >= 15 is 0 Å². The minimum absolute atomic E-state index is 0.0291. The van der Waals surface area contributed by atoms with E-state index < -0.39 is 22.4 Å². The molecule has 0 spiro atoms. The molecule has 0 saturated heterocycles. The Balaban J connectivity index is 2.07. The van der Waals surface area contributed by atoms with Crippen molar-refractivity contribution in [3.05, 3.63) is 29.8 Å². The van der Waals surface area contributed by atoms with Crippen LogP contribution in [0.3, 0.4) is 0 Å². The van der Waals surface area contributed by atoms with Gasteiger partial charge >= 0.3 is 0 Å². The quantitative estimate of drug-likeness (QED) is 0.862. The molecule has 1 aromatic rings. The first-order chi connectivity index (χ1) is 8.61. The van der Waals surface area contributed by atoms with Crippen molar-refractivity contribution >= 4 is 10.8 Å². The van der Waals surface area contributed by atoms with Crippen LogP contribution in [-0.4, -0.2) is 22.5 Å². The van der Waals surface area contributed by atoms with Gasteiger partial charge in [0.2, 0.25) is 0 Å². The fraction of sp³-hybridized carbons (Fsp3) is 0.538. The van der Waals surface area contributed by atoms with Gasteiger partial charge in [0.15, 0.2) is 0 Å². The summed E-state index contributed by atoms with van der Waals surface area (Å²) < 4.78 is 38.6. The Morgan fingerprint density at radius 3 is 2.78 bits per heavy atom. The maximum atomic E-state index is 13.5. The van der Waals surface area contributed by atoms with E-state index in [1.54, 1.807) is 0 Å². The minimum Gasteiger partial charge on any atom is -0.313 e. The Hall–Kier alpha value is -0.810. The molecule has 1 aliphatic rings. The summed E-state index contributed by atoms with van der Waals surface area (Å²) in [6.07, 6.45) is 2.25. The standard InChI is InChI=1S/C13H17F2NOS/c1-2-16-12(9-3-4-9)8-18(17)13-7-10(14)5-6-11(13)15/h5-7,9,12,16H,2-4,8H2,1H3. The lowest BCUT2D eigenvalue weighted by molar-refractivity contribution is 0.512. The van der Waals surface area contributed by atoms with E-state index in [2.05, 4.69) is 5.32 Å². The van der Waals surface area contributed by atoms with Crippen LogP contribution in [0.25, 0.3) is 0 Å². The normalized spacial score (nSPS) is 18.6. The van der Waals surface area contributed by atoms with Gasteiger partial charge in [0.1, 0.15) is 11.6 Å². The third-order valence-electron chi connectivity index (χ3n) is 3.13. The van der Waals surface area contributed by atoms with Gasteiger partial charge in [0.05, 0.1) is 15.7 Å². The zero-order valence-electron chi connectivity index (χ0n) is 10.3. The maximum Gasteiger partial charge on any atom is 0.139 e. The summed E-state index contributed by atoms with van der Waals surface area (Å²) in [7, 11) is -1.49. The van der Waals surface area contributed by atoms with Crippen molar-refractivity contribution in [2.75, 3.05) is 12.3 Å². The smallest absolute Gasteiger partial charge is 0.139 e. The Kier molecular flexibility index (Phi) is 4.45. The summed E-state index contributed by atoms with van der Waals surface area (Å²) in [6.45, 7) is 2.78. The van der Waals surface area contributed by atoms with Gasteiger partial charge in [0, 0.05) is 11.8 Å². The molecule has 1 fully saturated rings. The van der Waals surface area contributed by atoms with E-state index in [4.69, 9.17) is 0 Å². The highest BCUT2D eigenvalue weighted by molar-refractivity contribution is 7.85. The molecule has 0 aliphatic heterocycles. The van der Waals surface area contributed by atoms with Crippen molar-refractivity contribution < 1.29 is 13.0 Å². The fourth-order valence-electron chi connectivity index (χ4n) is 2.03. The van der Waals surface area contributed by atoms with Gasteiger partial charge in [-0.15, -0.1) is 0 Å². The average Bonchev–Trinajstić information content (AvgIpc) is 3.15. The van der Waals surface area contributed by atoms with Gasteiger partial charge in [-0.05, 0) is 43.5 Å². The van der Waals surface area contributed by atoms with Crippen LogP contribution < -0.4 is 5.32 Å². The average molecular weight is 273 g/mol. The molecule has 2 unspecified atom stereocenters. The molecule has 1 aromatic carbocycles. The van der Waals surface area contributed by atoms with Gasteiger partial charge < -0.3 is 5.32 Å². The molecule has 1 N–H and O–H groups in total. The molecular weight excluding hydrogens is 256 g/mol. The SMILES string of the molecule is CCNC(CS(=O)c1cc(F)ccc1F)C1CC1. The summed E-state index contributed by atoms with van der Waals surface area (Å²) in [4.78, 5) is -0.0291.